The molecule has 2 aromatic rings. The Kier molecular flexibility index (Phi) is 6.27. The first-order valence-electron chi connectivity index (χ1n) is 13.1. The summed E-state index contributed by atoms with van der Waals surface area (Å²) in [5, 5.41) is 0. The minimum atomic E-state index is -4.50. The van der Waals surface area contributed by atoms with Crippen molar-refractivity contribution < 1.29 is 27.5 Å². The van der Waals surface area contributed by atoms with Gasteiger partial charge in [-0.15, -0.1) is 0 Å². The lowest BCUT2D eigenvalue weighted by molar-refractivity contribution is -0.157. The van der Waals surface area contributed by atoms with Crippen LogP contribution in [0.5, 0.6) is 0 Å². The second kappa shape index (κ2) is 8.99. The molecule has 9 heteroatoms. The van der Waals surface area contributed by atoms with Gasteiger partial charge in [0.05, 0.1) is 22.9 Å². The van der Waals surface area contributed by atoms with Gasteiger partial charge in [0.15, 0.2) is 0 Å². The van der Waals surface area contributed by atoms with E-state index in [1.165, 1.54) is 0 Å². The molecule has 1 amide bonds. The van der Waals surface area contributed by atoms with Gasteiger partial charge in [-0.1, -0.05) is 12.2 Å². The number of amides is 1. The Labute approximate surface area is 220 Å². The third kappa shape index (κ3) is 4.76. The zero-order valence-corrected chi connectivity index (χ0v) is 22.4. The van der Waals surface area contributed by atoms with Gasteiger partial charge >= 0.3 is 12.1 Å². The van der Waals surface area contributed by atoms with Crippen LogP contribution >= 0.6 is 0 Å². The molecule has 0 saturated heterocycles. The van der Waals surface area contributed by atoms with Gasteiger partial charge < -0.3 is 14.2 Å². The normalized spacial score (nSPS) is 26.8. The van der Waals surface area contributed by atoms with Gasteiger partial charge in [-0.05, 0) is 77.1 Å². The Balaban J connectivity index is 1.44. The van der Waals surface area contributed by atoms with Crippen molar-refractivity contribution in [1.82, 2.24) is 14.5 Å². The molecule has 0 radical (unpaired) electrons. The van der Waals surface area contributed by atoms with Crippen LogP contribution in [0.4, 0.5) is 13.2 Å². The number of pyridine rings is 1. The van der Waals surface area contributed by atoms with Gasteiger partial charge in [0, 0.05) is 42.8 Å². The molecule has 2 unspecified atom stereocenters. The Morgan fingerprint density at radius 1 is 1.13 bits per heavy atom. The molecule has 4 atom stereocenters. The summed E-state index contributed by atoms with van der Waals surface area (Å²) in [5.41, 5.74) is 0.801. The van der Waals surface area contributed by atoms with Crippen LogP contribution in [0.25, 0.3) is 0 Å². The number of esters is 1. The fourth-order valence-electron chi connectivity index (χ4n) is 6.19. The quantitative estimate of drug-likeness (QED) is 0.384. The molecular formula is C29H34F3N3O3. The van der Waals surface area contributed by atoms with E-state index in [-0.39, 0.29) is 36.3 Å². The van der Waals surface area contributed by atoms with E-state index < -0.39 is 22.8 Å². The fourth-order valence-corrected chi connectivity index (χ4v) is 6.19. The molecule has 1 aliphatic heterocycles. The monoisotopic (exact) mass is 529 g/mol. The topological polar surface area (TPSA) is 64.4 Å². The van der Waals surface area contributed by atoms with E-state index in [1.54, 1.807) is 4.90 Å². The first-order chi connectivity index (χ1) is 17.7. The number of carbonyl (C=O) groups excluding carboxylic acids is 2. The van der Waals surface area contributed by atoms with Crippen molar-refractivity contribution in [3.63, 3.8) is 0 Å². The number of carbonyl (C=O) groups is 2. The summed E-state index contributed by atoms with van der Waals surface area (Å²) in [6, 6.07) is 5.13. The van der Waals surface area contributed by atoms with Crippen molar-refractivity contribution in [2.45, 2.75) is 78.2 Å². The summed E-state index contributed by atoms with van der Waals surface area (Å²) in [4.78, 5) is 32.9. The molecule has 3 heterocycles. The number of allylic oxidation sites excluding steroid dienone is 1. The minimum absolute atomic E-state index is 0.0515. The SMILES string of the molecule is Cc1ccc(C)n1[C@@H]1C=C[C@@](C(=O)N2CCc3ncc(C(F)(F)F)cc3C2)(C2CC2C(=O)OC(C)(C)C)C1. The molecule has 1 fully saturated rings. The summed E-state index contributed by atoms with van der Waals surface area (Å²) >= 11 is 0. The summed E-state index contributed by atoms with van der Waals surface area (Å²) < 4.78 is 47.9. The predicted molar refractivity (Wildman–Crippen MR) is 135 cm³/mol. The molecule has 2 aromatic heterocycles. The second-order valence-electron chi connectivity index (χ2n) is 11.9. The van der Waals surface area contributed by atoms with Gasteiger partial charge in [-0.3, -0.25) is 14.6 Å². The van der Waals surface area contributed by atoms with Crippen LogP contribution in [-0.2, 0) is 33.5 Å². The van der Waals surface area contributed by atoms with Crippen molar-refractivity contribution in [2.75, 3.05) is 6.54 Å². The molecule has 1 saturated carbocycles. The lowest BCUT2D eigenvalue weighted by atomic mass is 9.78. The second-order valence-corrected chi connectivity index (χ2v) is 11.9. The zero-order chi connectivity index (χ0) is 27.6. The molecule has 0 aromatic carbocycles. The van der Waals surface area contributed by atoms with E-state index in [9.17, 15) is 22.8 Å². The van der Waals surface area contributed by atoms with Crippen LogP contribution in [-0.4, -0.2) is 38.5 Å². The fraction of sp³-hybridized carbons (Fsp3) is 0.552. The summed E-state index contributed by atoms with van der Waals surface area (Å²) in [5.74, 6) is -1.05. The summed E-state index contributed by atoms with van der Waals surface area (Å²) in [6.45, 7) is 9.95. The van der Waals surface area contributed by atoms with Gasteiger partial charge in [0.25, 0.3) is 0 Å². The first kappa shape index (κ1) is 26.5. The van der Waals surface area contributed by atoms with E-state index in [1.807, 2.05) is 58.9 Å². The molecule has 5 rings (SSSR count). The van der Waals surface area contributed by atoms with Crippen molar-refractivity contribution in [3.8, 4) is 0 Å². The summed E-state index contributed by atoms with van der Waals surface area (Å²) in [7, 11) is 0. The number of rotatable bonds is 4. The smallest absolute Gasteiger partial charge is 0.417 e. The number of hydrogen-bond acceptors (Lipinski definition) is 4. The van der Waals surface area contributed by atoms with Gasteiger partial charge in [-0.2, -0.15) is 13.2 Å². The minimum Gasteiger partial charge on any atom is -0.460 e. The summed E-state index contributed by atoms with van der Waals surface area (Å²) in [6.07, 6.45) is 1.79. The van der Waals surface area contributed by atoms with Crippen LogP contribution in [0.1, 0.15) is 67.9 Å². The lowest BCUT2D eigenvalue weighted by Gasteiger charge is -2.37. The third-order valence-electron chi connectivity index (χ3n) is 8.03. The molecule has 204 valence electrons. The van der Waals surface area contributed by atoms with E-state index in [4.69, 9.17) is 4.74 Å². The Bertz CT molecular complexity index is 1290. The van der Waals surface area contributed by atoms with Gasteiger partial charge in [-0.25, -0.2) is 0 Å². The highest BCUT2D eigenvalue weighted by Crippen LogP contribution is 2.59. The van der Waals surface area contributed by atoms with Gasteiger partial charge in [0.2, 0.25) is 5.91 Å². The zero-order valence-electron chi connectivity index (χ0n) is 22.4. The molecule has 0 bridgehead atoms. The number of nitrogens with zero attached hydrogens (tertiary/aromatic N) is 3. The Hall–Kier alpha value is -3.10. The highest BCUT2D eigenvalue weighted by atomic mass is 19.4. The van der Waals surface area contributed by atoms with Crippen molar-refractivity contribution >= 4 is 11.9 Å². The predicted octanol–water partition coefficient (Wildman–Crippen LogP) is 5.57. The number of halogens is 3. The Morgan fingerprint density at radius 3 is 2.45 bits per heavy atom. The number of ether oxygens (including phenoxy) is 1. The van der Waals surface area contributed by atoms with Crippen molar-refractivity contribution in [1.29, 1.82) is 0 Å². The maximum atomic E-state index is 14.3. The molecule has 3 aliphatic rings. The Morgan fingerprint density at radius 2 is 1.82 bits per heavy atom. The van der Waals surface area contributed by atoms with Crippen LogP contribution in [0.2, 0.25) is 0 Å². The van der Waals surface area contributed by atoms with E-state index in [2.05, 4.69) is 9.55 Å². The van der Waals surface area contributed by atoms with E-state index in [0.29, 0.717) is 37.1 Å². The largest absolute Gasteiger partial charge is 0.460 e. The molecule has 2 aliphatic carbocycles. The highest BCUT2D eigenvalue weighted by molar-refractivity contribution is 5.89. The number of aromatic nitrogens is 2. The lowest BCUT2D eigenvalue weighted by Crippen LogP contribution is -2.47. The average molecular weight is 530 g/mol. The van der Waals surface area contributed by atoms with E-state index in [0.717, 1.165) is 23.7 Å². The molecule has 0 N–H and O–H groups in total. The van der Waals surface area contributed by atoms with Crippen molar-refractivity contribution in [2.24, 2.45) is 17.3 Å². The number of fused-ring (bicyclic) bond motifs is 1. The number of hydrogen-bond donors (Lipinski definition) is 0. The molecule has 0 spiro atoms. The highest BCUT2D eigenvalue weighted by Gasteiger charge is 2.62. The number of aryl methyl sites for hydroxylation is 2. The van der Waals surface area contributed by atoms with Crippen LogP contribution < -0.4 is 0 Å². The van der Waals surface area contributed by atoms with Crippen molar-refractivity contribution in [3.05, 3.63) is 64.8 Å². The molecule has 6 nitrogen and oxygen atoms in total. The number of alkyl halides is 3. The third-order valence-corrected chi connectivity index (χ3v) is 8.03. The van der Waals surface area contributed by atoms with E-state index >= 15 is 0 Å². The van der Waals surface area contributed by atoms with Crippen LogP contribution in [0, 0.1) is 31.1 Å². The van der Waals surface area contributed by atoms with Gasteiger partial charge in [0.1, 0.15) is 5.60 Å². The van der Waals surface area contributed by atoms with Crippen LogP contribution in [0.15, 0.2) is 36.5 Å². The molecule has 38 heavy (non-hydrogen) atoms. The molecular weight excluding hydrogens is 495 g/mol. The standard InChI is InChI=1S/C29H34F3N3O3/c1-17-6-7-18(2)35(17)21-8-10-28(14-21,23-13-22(23)25(36)38-27(3,4)5)26(37)34-11-9-24-19(16-34)12-20(15-33-24)29(30,31)32/h6-8,10,12,15,21-23H,9,11,13-14,16H2,1-5H3/t21-,22?,23?,28+/m1/s1. The maximum Gasteiger partial charge on any atom is 0.417 e. The van der Waals surface area contributed by atoms with Crippen LogP contribution in [0.3, 0.4) is 0 Å². The average Bonchev–Trinajstić information content (AvgIpc) is 3.42. The maximum absolute atomic E-state index is 14.3. The first-order valence-corrected chi connectivity index (χ1v) is 13.1.